The minimum Gasteiger partial charge on any atom is -0.308 e. The number of rotatable bonds is 3. The summed E-state index contributed by atoms with van der Waals surface area (Å²) in [7, 11) is 2.12. The summed E-state index contributed by atoms with van der Waals surface area (Å²) in [5.41, 5.74) is 0.763. The van der Waals surface area contributed by atoms with Crippen molar-refractivity contribution in [1.82, 2.24) is 20.2 Å². The fraction of sp³-hybridized carbons (Fsp3) is 0.500. The van der Waals surface area contributed by atoms with Crippen LogP contribution in [-0.4, -0.2) is 41.0 Å². The quantitative estimate of drug-likeness (QED) is 0.860. The van der Waals surface area contributed by atoms with Crippen LogP contribution in [0.5, 0.6) is 0 Å². The molecule has 0 spiro atoms. The number of likely N-dealkylation sites (N-methyl/N-ethyl adjacent to an activating group) is 1. The third-order valence-corrected chi connectivity index (χ3v) is 4.22. The van der Waals surface area contributed by atoms with Gasteiger partial charge in [-0.25, -0.2) is 4.98 Å². The average molecular weight is 264 g/mol. The van der Waals surface area contributed by atoms with E-state index in [0.29, 0.717) is 17.3 Å². The van der Waals surface area contributed by atoms with E-state index in [1.54, 1.807) is 0 Å². The topological polar surface area (TPSA) is 61.0 Å². The Balaban J connectivity index is 1.72. The molecule has 3 rings (SSSR count). The molecule has 1 aliphatic rings. The largest absolute Gasteiger partial charge is 0.308 e. The number of nitrogens with one attached hydrogen (secondary N) is 2. The molecule has 1 unspecified atom stereocenters. The Labute approximate surface area is 109 Å². The molecule has 2 N–H and O–H groups in total. The second-order valence-corrected chi connectivity index (χ2v) is 5.69. The van der Waals surface area contributed by atoms with Crippen LogP contribution < -0.4 is 10.9 Å². The highest BCUT2D eigenvalue weighted by atomic mass is 32.1. The molecule has 0 amide bonds. The lowest BCUT2D eigenvalue weighted by Crippen LogP contribution is -2.32. The van der Waals surface area contributed by atoms with Crippen molar-refractivity contribution in [1.29, 1.82) is 0 Å². The summed E-state index contributed by atoms with van der Waals surface area (Å²) >= 11 is 1.43. The van der Waals surface area contributed by atoms with Gasteiger partial charge in [0.2, 0.25) is 0 Å². The Morgan fingerprint density at radius 1 is 1.67 bits per heavy atom. The molecular weight excluding hydrogens is 248 g/mol. The van der Waals surface area contributed by atoms with Crippen LogP contribution in [0.3, 0.4) is 0 Å². The molecule has 0 aliphatic carbocycles. The van der Waals surface area contributed by atoms with E-state index in [9.17, 15) is 4.79 Å². The molecule has 2 aromatic heterocycles. The first-order chi connectivity index (χ1) is 8.72. The fourth-order valence-electron chi connectivity index (χ4n) is 2.35. The van der Waals surface area contributed by atoms with Gasteiger partial charge in [-0.3, -0.25) is 4.79 Å². The van der Waals surface area contributed by atoms with Crippen LogP contribution in [0, 0.1) is 0 Å². The van der Waals surface area contributed by atoms with Crippen molar-refractivity contribution in [2.45, 2.75) is 19.0 Å². The van der Waals surface area contributed by atoms with Crippen LogP contribution in [0.25, 0.3) is 10.2 Å². The van der Waals surface area contributed by atoms with Gasteiger partial charge in [-0.2, -0.15) is 0 Å². The SMILES string of the molecule is CN1CCC(NCc2nc3ccsc3c(=O)[nH]2)C1. The standard InChI is InChI=1S/C12H16N4OS/c1-16-4-2-8(7-16)13-6-10-14-9-3-5-18-11(9)12(17)15-10/h3,5,8,13H,2,4,6-7H2,1H3,(H,14,15,17). The number of thiophene rings is 1. The molecule has 96 valence electrons. The van der Waals surface area contributed by atoms with Crippen molar-refractivity contribution in [2.75, 3.05) is 20.1 Å². The summed E-state index contributed by atoms with van der Waals surface area (Å²) in [4.78, 5) is 21.4. The highest BCUT2D eigenvalue weighted by Crippen LogP contribution is 2.13. The zero-order chi connectivity index (χ0) is 12.5. The molecule has 5 nitrogen and oxygen atoms in total. The zero-order valence-electron chi connectivity index (χ0n) is 10.3. The molecule has 3 heterocycles. The van der Waals surface area contributed by atoms with E-state index >= 15 is 0 Å². The normalized spacial score (nSPS) is 20.8. The number of hydrogen-bond acceptors (Lipinski definition) is 5. The van der Waals surface area contributed by atoms with E-state index in [0.717, 1.165) is 30.9 Å². The number of aromatic amines is 1. The van der Waals surface area contributed by atoms with Crippen LogP contribution in [0.1, 0.15) is 12.2 Å². The van der Waals surface area contributed by atoms with Gasteiger partial charge >= 0.3 is 0 Å². The molecule has 1 atom stereocenters. The van der Waals surface area contributed by atoms with Crippen molar-refractivity contribution in [3.8, 4) is 0 Å². The minimum absolute atomic E-state index is 0.0321. The molecule has 1 saturated heterocycles. The third-order valence-electron chi connectivity index (χ3n) is 3.31. The average Bonchev–Trinajstić information content (AvgIpc) is 2.95. The van der Waals surface area contributed by atoms with E-state index in [1.807, 2.05) is 11.4 Å². The lowest BCUT2D eigenvalue weighted by molar-refractivity contribution is 0.396. The first-order valence-electron chi connectivity index (χ1n) is 6.11. The van der Waals surface area contributed by atoms with Crippen LogP contribution in [-0.2, 0) is 6.54 Å². The van der Waals surface area contributed by atoms with Gasteiger partial charge < -0.3 is 15.2 Å². The molecule has 0 bridgehead atoms. The summed E-state index contributed by atoms with van der Waals surface area (Å²) in [6.07, 6.45) is 1.15. The Hall–Kier alpha value is -1.24. The number of fused-ring (bicyclic) bond motifs is 1. The maximum atomic E-state index is 11.8. The Morgan fingerprint density at radius 2 is 2.56 bits per heavy atom. The van der Waals surface area contributed by atoms with E-state index in [2.05, 4.69) is 27.2 Å². The second kappa shape index (κ2) is 4.79. The summed E-state index contributed by atoms with van der Waals surface area (Å²) in [5.74, 6) is 0.723. The van der Waals surface area contributed by atoms with Crippen LogP contribution in [0.4, 0.5) is 0 Å². The van der Waals surface area contributed by atoms with Gasteiger partial charge in [0.25, 0.3) is 5.56 Å². The molecule has 6 heteroatoms. The molecule has 0 aromatic carbocycles. The number of likely N-dealkylation sites (tertiary alicyclic amines) is 1. The molecular formula is C12H16N4OS. The second-order valence-electron chi connectivity index (χ2n) is 4.78. The van der Waals surface area contributed by atoms with Gasteiger partial charge in [-0.15, -0.1) is 11.3 Å². The highest BCUT2D eigenvalue weighted by molar-refractivity contribution is 7.17. The molecule has 0 saturated carbocycles. The van der Waals surface area contributed by atoms with Gasteiger partial charge in [-0.1, -0.05) is 0 Å². The number of nitrogens with zero attached hydrogens (tertiary/aromatic N) is 2. The van der Waals surface area contributed by atoms with Crippen molar-refractivity contribution < 1.29 is 0 Å². The van der Waals surface area contributed by atoms with Crippen molar-refractivity contribution in [3.63, 3.8) is 0 Å². The summed E-state index contributed by atoms with van der Waals surface area (Å²) in [6, 6.07) is 2.39. The number of H-pyrrole nitrogens is 1. The lowest BCUT2D eigenvalue weighted by atomic mass is 10.2. The van der Waals surface area contributed by atoms with E-state index in [-0.39, 0.29) is 5.56 Å². The maximum Gasteiger partial charge on any atom is 0.268 e. The van der Waals surface area contributed by atoms with Gasteiger partial charge in [0.15, 0.2) is 0 Å². The molecule has 1 fully saturated rings. The lowest BCUT2D eigenvalue weighted by Gasteiger charge is -2.12. The van der Waals surface area contributed by atoms with Crippen molar-refractivity contribution >= 4 is 21.6 Å². The minimum atomic E-state index is -0.0321. The smallest absolute Gasteiger partial charge is 0.268 e. The molecule has 18 heavy (non-hydrogen) atoms. The summed E-state index contributed by atoms with van der Waals surface area (Å²) in [6.45, 7) is 2.82. The van der Waals surface area contributed by atoms with Gasteiger partial charge in [0, 0.05) is 12.6 Å². The number of hydrogen-bond donors (Lipinski definition) is 2. The first-order valence-corrected chi connectivity index (χ1v) is 6.98. The van der Waals surface area contributed by atoms with Crippen molar-refractivity contribution in [3.05, 3.63) is 27.6 Å². The van der Waals surface area contributed by atoms with E-state index < -0.39 is 0 Å². The molecule has 2 aromatic rings. The number of aromatic nitrogens is 2. The molecule has 1 aliphatic heterocycles. The zero-order valence-corrected chi connectivity index (χ0v) is 11.1. The Morgan fingerprint density at radius 3 is 3.33 bits per heavy atom. The van der Waals surface area contributed by atoms with Gasteiger partial charge in [-0.05, 0) is 31.5 Å². The summed E-state index contributed by atoms with van der Waals surface area (Å²) < 4.78 is 0.708. The monoisotopic (exact) mass is 264 g/mol. The van der Waals surface area contributed by atoms with Gasteiger partial charge in [0.05, 0.1) is 12.1 Å². The van der Waals surface area contributed by atoms with E-state index in [4.69, 9.17) is 0 Å². The fourth-order valence-corrected chi connectivity index (χ4v) is 3.07. The summed E-state index contributed by atoms with van der Waals surface area (Å²) in [5, 5.41) is 5.34. The highest BCUT2D eigenvalue weighted by Gasteiger charge is 2.18. The van der Waals surface area contributed by atoms with Gasteiger partial charge in [0.1, 0.15) is 10.5 Å². The van der Waals surface area contributed by atoms with E-state index in [1.165, 1.54) is 11.3 Å². The Bertz CT molecular complexity index is 605. The molecule has 0 radical (unpaired) electrons. The third kappa shape index (κ3) is 2.31. The van der Waals surface area contributed by atoms with Crippen LogP contribution in [0.15, 0.2) is 16.2 Å². The van der Waals surface area contributed by atoms with Crippen LogP contribution >= 0.6 is 11.3 Å². The predicted octanol–water partition coefficient (Wildman–Crippen LogP) is 0.778. The maximum absolute atomic E-state index is 11.8. The van der Waals surface area contributed by atoms with Crippen molar-refractivity contribution in [2.24, 2.45) is 0 Å². The first kappa shape index (κ1) is 11.8. The predicted molar refractivity (Wildman–Crippen MR) is 73.0 cm³/mol. The van der Waals surface area contributed by atoms with Crippen LogP contribution in [0.2, 0.25) is 0 Å². The Kier molecular flexibility index (Phi) is 3.15.